The van der Waals surface area contributed by atoms with Crippen LogP contribution in [0.3, 0.4) is 0 Å². The summed E-state index contributed by atoms with van der Waals surface area (Å²) in [5.41, 5.74) is 0.947. The third-order valence-corrected chi connectivity index (χ3v) is 4.65. The average molecular weight is 368 g/mol. The lowest BCUT2D eigenvalue weighted by Crippen LogP contribution is -2.29. The Morgan fingerprint density at radius 1 is 1.26 bits per heavy atom. The van der Waals surface area contributed by atoms with E-state index in [2.05, 4.69) is 27.6 Å². The summed E-state index contributed by atoms with van der Waals surface area (Å²) in [6.07, 6.45) is 5.96. The van der Waals surface area contributed by atoms with Gasteiger partial charge in [-0.2, -0.15) is 0 Å². The van der Waals surface area contributed by atoms with Crippen molar-refractivity contribution >= 4 is 33.5 Å². The second-order valence-corrected chi connectivity index (χ2v) is 6.53. The van der Waals surface area contributed by atoms with Gasteiger partial charge in [0.25, 0.3) is 5.56 Å². The zero-order chi connectivity index (χ0) is 13.4. The molecule has 0 aliphatic heterocycles. The molecule has 1 fully saturated rings. The van der Waals surface area contributed by atoms with Gasteiger partial charge in [-0.05, 0) is 60.6 Å². The molecule has 1 saturated carbocycles. The van der Waals surface area contributed by atoms with E-state index in [1.165, 1.54) is 19.3 Å². The summed E-state index contributed by atoms with van der Waals surface area (Å²) in [4.78, 5) is 17.3. The van der Waals surface area contributed by atoms with Crippen molar-refractivity contribution in [2.45, 2.75) is 45.1 Å². The maximum Gasteiger partial charge on any atom is 0.261 e. The van der Waals surface area contributed by atoms with E-state index in [0.29, 0.717) is 6.04 Å². The average Bonchev–Trinajstić information content (AvgIpc) is 2.41. The van der Waals surface area contributed by atoms with Gasteiger partial charge in [0.2, 0.25) is 0 Å². The topological polar surface area (TPSA) is 34.9 Å². The molecule has 0 radical (unpaired) electrons. The molecule has 1 heterocycles. The van der Waals surface area contributed by atoms with E-state index in [4.69, 9.17) is 0 Å². The second kappa shape index (κ2) is 5.23. The van der Waals surface area contributed by atoms with Crippen molar-refractivity contribution in [2.24, 2.45) is 0 Å². The largest absolute Gasteiger partial charge is 0.293 e. The van der Waals surface area contributed by atoms with Crippen LogP contribution in [0.5, 0.6) is 0 Å². The molecule has 4 heteroatoms. The number of hydrogen-bond acceptors (Lipinski definition) is 2. The molecule has 0 spiro atoms. The third kappa shape index (κ3) is 2.42. The number of aromatic nitrogens is 2. The molecule has 0 bridgehead atoms. The summed E-state index contributed by atoms with van der Waals surface area (Å²) in [5, 5.41) is 0.753. The molecule has 100 valence electrons. The molecule has 1 aliphatic carbocycles. The molecule has 2 aromatic rings. The fraction of sp³-hybridized carbons (Fsp3) is 0.467. The highest BCUT2D eigenvalue weighted by atomic mass is 127. The number of fused-ring (bicyclic) bond motifs is 1. The van der Waals surface area contributed by atoms with Gasteiger partial charge in [0.1, 0.15) is 5.82 Å². The fourth-order valence-corrected chi connectivity index (χ4v) is 3.54. The van der Waals surface area contributed by atoms with Crippen molar-refractivity contribution in [2.75, 3.05) is 0 Å². The van der Waals surface area contributed by atoms with Crippen molar-refractivity contribution in [1.29, 1.82) is 0 Å². The highest BCUT2D eigenvalue weighted by Crippen LogP contribution is 2.28. The number of rotatable bonds is 1. The van der Waals surface area contributed by atoms with E-state index >= 15 is 0 Å². The Kier molecular flexibility index (Phi) is 3.60. The molecule has 1 aromatic heterocycles. The smallest absolute Gasteiger partial charge is 0.261 e. The van der Waals surface area contributed by atoms with Crippen LogP contribution in [0.15, 0.2) is 23.0 Å². The lowest BCUT2D eigenvalue weighted by atomic mass is 9.95. The van der Waals surface area contributed by atoms with Gasteiger partial charge in [0.15, 0.2) is 0 Å². The molecule has 0 unspecified atom stereocenters. The predicted octanol–water partition coefficient (Wildman–Crippen LogP) is 3.81. The van der Waals surface area contributed by atoms with E-state index in [1.807, 2.05) is 29.7 Å². The summed E-state index contributed by atoms with van der Waals surface area (Å²) in [6, 6.07) is 6.23. The van der Waals surface area contributed by atoms with Crippen LogP contribution in [-0.2, 0) is 0 Å². The first-order valence-electron chi connectivity index (χ1n) is 6.85. The van der Waals surface area contributed by atoms with Crippen LogP contribution in [0.1, 0.15) is 44.0 Å². The van der Waals surface area contributed by atoms with E-state index in [-0.39, 0.29) is 5.56 Å². The number of benzene rings is 1. The van der Waals surface area contributed by atoms with Gasteiger partial charge >= 0.3 is 0 Å². The van der Waals surface area contributed by atoms with Crippen molar-refractivity contribution in [3.05, 3.63) is 37.9 Å². The summed E-state index contributed by atoms with van der Waals surface area (Å²) >= 11 is 2.24. The number of hydrogen-bond donors (Lipinski definition) is 0. The van der Waals surface area contributed by atoms with Gasteiger partial charge in [0.05, 0.1) is 10.9 Å². The molecule has 19 heavy (non-hydrogen) atoms. The minimum absolute atomic E-state index is 0.132. The Morgan fingerprint density at radius 3 is 2.74 bits per heavy atom. The second-order valence-electron chi connectivity index (χ2n) is 5.29. The van der Waals surface area contributed by atoms with Gasteiger partial charge in [-0.15, -0.1) is 0 Å². The maximum absolute atomic E-state index is 12.7. The summed E-state index contributed by atoms with van der Waals surface area (Å²) < 4.78 is 3.01. The normalized spacial score (nSPS) is 16.9. The van der Waals surface area contributed by atoms with Crippen LogP contribution >= 0.6 is 22.6 Å². The van der Waals surface area contributed by atoms with E-state index in [1.54, 1.807) is 0 Å². The van der Waals surface area contributed by atoms with Crippen molar-refractivity contribution in [3.63, 3.8) is 0 Å². The molecule has 0 atom stereocenters. The van der Waals surface area contributed by atoms with Crippen LogP contribution in [0.25, 0.3) is 10.9 Å². The summed E-state index contributed by atoms with van der Waals surface area (Å²) in [6.45, 7) is 1.95. The lowest BCUT2D eigenvalue weighted by Gasteiger charge is -2.25. The van der Waals surface area contributed by atoms with Crippen molar-refractivity contribution < 1.29 is 0 Å². The molecule has 0 amide bonds. The van der Waals surface area contributed by atoms with Gasteiger partial charge < -0.3 is 0 Å². The van der Waals surface area contributed by atoms with Crippen molar-refractivity contribution in [1.82, 2.24) is 9.55 Å². The number of nitrogens with zero attached hydrogens (tertiary/aromatic N) is 2. The van der Waals surface area contributed by atoms with Gasteiger partial charge in [-0.25, -0.2) is 4.98 Å². The highest BCUT2D eigenvalue weighted by molar-refractivity contribution is 14.1. The lowest BCUT2D eigenvalue weighted by molar-refractivity contribution is 0.339. The number of halogens is 1. The summed E-state index contributed by atoms with van der Waals surface area (Å²) in [7, 11) is 0. The Labute approximate surface area is 126 Å². The van der Waals surface area contributed by atoms with E-state index < -0.39 is 0 Å². The molecule has 3 rings (SSSR count). The maximum atomic E-state index is 12.7. The van der Waals surface area contributed by atoms with Crippen molar-refractivity contribution in [3.8, 4) is 0 Å². The molecule has 3 nitrogen and oxygen atoms in total. The van der Waals surface area contributed by atoms with Crippen LogP contribution in [-0.4, -0.2) is 9.55 Å². The zero-order valence-electron chi connectivity index (χ0n) is 11.0. The minimum Gasteiger partial charge on any atom is -0.293 e. The Morgan fingerprint density at radius 2 is 2.00 bits per heavy atom. The van der Waals surface area contributed by atoms with E-state index in [0.717, 1.165) is 33.1 Å². The molecule has 0 saturated heterocycles. The van der Waals surface area contributed by atoms with Crippen LogP contribution in [0, 0.1) is 10.5 Å². The Bertz CT molecular complexity index is 672. The molecule has 1 aliphatic rings. The van der Waals surface area contributed by atoms with Crippen LogP contribution in [0.2, 0.25) is 0 Å². The first-order chi connectivity index (χ1) is 9.16. The monoisotopic (exact) mass is 368 g/mol. The number of aryl methyl sites for hydroxylation is 1. The van der Waals surface area contributed by atoms with Crippen LogP contribution in [0.4, 0.5) is 0 Å². The van der Waals surface area contributed by atoms with Gasteiger partial charge in [0, 0.05) is 9.61 Å². The quantitative estimate of drug-likeness (QED) is 0.718. The van der Waals surface area contributed by atoms with Gasteiger partial charge in [-0.1, -0.05) is 19.3 Å². The third-order valence-electron chi connectivity index (χ3n) is 3.98. The Hall–Kier alpha value is -0.910. The van der Waals surface area contributed by atoms with E-state index in [9.17, 15) is 4.79 Å². The fourth-order valence-electron chi connectivity index (χ4n) is 3.05. The standard InChI is InChI=1S/C15H17IN2O/c1-10-17-14-8-7-11(16)9-13(14)15(19)18(10)12-5-3-2-4-6-12/h7-9,12H,2-6H2,1H3. The SMILES string of the molecule is Cc1nc2ccc(I)cc2c(=O)n1C1CCCCC1. The minimum atomic E-state index is 0.132. The predicted molar refractivity (Wildman–Crippen MR) is 85.6 cm³/mol. The molecule has 1 aromatic carbocycles. The molecular weight excluding hydrogens is 351 g/mol. The Balaban J connectivity index is 2.21. The van der Waals surface area contributed by atoms with Gasteiger partial charge in [-0.3, -0.25) is 9.36 Å². The van der Waals surface area contributed by atoms with Crippen LogP contribution < -0.4 is 5.56 Å². The zero-order valence-corrected chi connectivity index (χ0v) is 13.2. The highest BCUT2D eigenvalue weighted by Gasteiger charge is 2.19. The molecular formula is C15H17IN2O. The first-order valence-corrected chi connectivity index (χ1v) is 7.93. The summed E-state index contributed by atoms with van der Waals surface area (Å²) in [5.74, 6) is 0.852. The molecule has 0 N–H and O–H groups in total. The first kappa shape index (κ1) is 13.1.